The van der Waals surface area contributed by atoms with Crippen LogP contribution < -0.4 is 4.74 Å². The smallest absolute Gasteiger partial charge is 0.143 e. The maximum Gasteiger partial charge on any atom is 0.143 e. The van der Waals surface area contributed by atoms with Crippen molar-refractivity contribution in [2.75, 3.05) is 0 Å². The third kappa shape index (κ3) is 2.49. The standard InChI is InChI=1S/C21H15BrO/c1-14-10-12-15(13-11-14)23-21-18-8-4-2-6-16(18)20(22)17-7-3-5-9-19(17)21/h2-13H,1H3. The van der Waals surface area contributed by atoms with E-state index < -0.39 is 0 Å². The molecule has 0 saturated carbocycles. The third-order valence-electron chi connectivity index (χ3n) is 4.06. The Morgan fingerprint density at radius 3 is 1.65 bits per heavy atom. The number of rotatable bonds is 2. The van der Waals surface area contributed by atoms with Crippen molar-refractivity contribution in [3.8, 4) is 11.5 Å². The molecule has 0 aliphatic rings. The van der Waals surface area contributed by atoms with E-state index in [1.807, 2.05) is 24.3 Å². The summed E-state index contributed by atoms with van der Waals surface area (Å²) in [6, 6.07) is 24.8. The van der Waals surface area contributed by atoms with Gasteiger partial charge in [0.15, 0.2) is 0 Å². The van der Waals surface area contributed by atoms with Crippen LogP contribution in [-0.2, 0) is 0 Å². The molecule has 0 radical (unpaired) electrons. The topological polar surface area (TPSA) is 9.23 Å². The molecule has 0 atom stereocenters. The third-order valence-corrected chi connectivity index (χ3v) is 4.91. The summed E-state index contributed by atoms with van der Waals surface area (Å²) in [5, 5.41) is 4.54. The van der Waals surface area contributed by atoms with Crippen molar-refractivity contribution in [1.82, 2.24) is 0 Å². The molecule has 0 aliphatic carbocycles. The first-order valence-electron chi connectivity index (χ1n) is 7.57. The molecular formula is C21H15BrO. The molecule has 4 aromatic rings. The van der Waals surface area contributed by atoms with Crippen LogP contribution >= 0.6 is 15.9 Å². The molecule has 1 nitrogen and oxygen atoms in total. The Balaban J connectivity index is 2.02. The van der Waals surface area contributed by atoms with E-state index in [9.17, 15) is 0 Å². The molecule has 4 rings (SSSR count). The van der Waals surface area contributed by atoms with Crippen molar-refractivity contribution >= 4 is 37.5 Å². The number of halogens is 1. The molecule has 0 aromatic heterocycles. The summed E-state index contributed by atoms with van der Waals surface area (Å²) in [5.74, 6) is 1.76. The van der Waals surface area contributed by atoms with Gasteiger partial charge in [0.25, 0.3) is 0 Å². The lowest BCUT2D eigenvalue weighted by Gasteiger charge is -2.14. The van der Waals surface area contributed by atoms with Crippen LogP contribution in [0.25, 0.3) is 21.5 Å². The highest BCUT2D eigenvalue weighted by atomic mass is 79.9. The van der Waals surface area contributed by atoms with Gasteiger partial charge in [0.1, 0.15) is 11.5 Å². The number of hydrogen-bond donors (Lipinski definition) is 0. The molecule has 0 heterocycles. The summed E-state index contributed by atoms with van der Waals surface area (Å²) in [4.78, 5) is 0. The van der Waals surface area contributed by atoms with E-state index in [1.165, 1.54) is 5.56 Å². The molecule has 0 spiro atoms. The second-order valence-corrected chi connectivity index (χ2v) is 6.44. The van der Waals surface area contributed by atoms with E-state index in [0.29, 0.717) is 0 Å². The predicted molar refractivity (Wildman–Crippen MR) is 100 cm³/mol. The van der Waals surface area contributed by atoms with Crippen LogP contribution in [0.4, 0.5) is 0 Å². The summed E-state index contributed by atoms with van der Waals surface area (Å²) in [7, 11) is 0. The number of benzene rings is 4. The van der Waals surface area contributed by atoms with E-state index in [2.05, 4.69) is 71.4 Å². The summed E-state index contributed by atoms with van der Waals surface area (Å²) in [6.45, 7) is 2.08. The Kier molecular flexibility index (Phi) is 3.55. The lowest BCUT2D eigenvalue weighted by atomic mass is 10.0. The molecule has 0 aliphatic heterocycles. The molecule has 2 heteroatoms. The fraction of sp³-hybridized carbons (Fsp3) is 0.0476. The van der Waals surface area contributed by atoms with Crippen LogP contribution in [0.15, 0.2) is 77.3 Å². The molecule has 4 aromatic carbocycles. The summed E-state index contributed by atoms with van der Waals surface area (Å²) in [5.41, 5.74) is 1.22. The van der Waals surface area contributed by atoms with Gasteiger partial charge in [-0.3, -0.25) is 0 Å². The average molecular weight is 363 g/mol. The van der Waals surface area contributed by atoms with Crippen molar-refractivity contribution in [2.24, 2.45) is 0 Å². The molecule has 0 saturated heterocycles. The number of fused-ring (bicyclic) bond motifs is 2. The molecule has 0 fully saturated rings. The van der Waals surface area contributed by atoms with Gasteiger partial charge in [-0.05, 0) is 35.0 Å². The minimum atomic E-state index is 0.855. The Morgan fingerprint density at radius 2 is 1.13 bits per heavy atom. The maximum absolute atomic E-state index is 6.29. The second-order valence-electron chi connectivity index (χ2n) is 5.65. The Hall–Kier alpha value is -2.32. The zero-order chi connectivity index (χ0) is 15.8. The van der Waals surface area contributed by atoms with E-state index in [0.717, 1.165) is 37.5 Å². The van der Waals surface area contributed by atoms with Gasteiger partial charge in [-0.25, -0.2) is 0 Å². The van der Waals surface area contributed by atoms with Gasteiger partial charge < -0.3 is 4.74 Å². The van der Waals surface area contributed by atoms with Crippen LogP contribution in [0.3, 0.4) is 0 Å². The first-order valence-corrected chi connectivity index (χ1v) is 8.37. The number of hydrogen-bond acceptors (Lipinski definition) is 1. The van der Waals surface area contributed by atoms with Crippen molar-refractivity contribution < 1.29 is 4.74 Å². The molecule has 0 N–H and O–H groups in total. The van der Waals surface area contributed by atoms with Crippen molar-refractivity contribution in [3.63, 3.8) is 0 Å². The van der Waals surface area contributed by atoms with Gasteiger partial charge in [0.05, 0.1) is 0 Å². The Labute approximate surface area is 143 Å². The highest BCUT2D eigenvalue weighted by Gasteiger charge is 2.13. The molecule has 112 valence electrons. The Bertz CT molecular complexity index is 946. The first kappa shape index (κ1) is 14.3. The average Bonchev–Trinajstić information content (AvgIpc) is 2.60. The van der Waals surface area contributed by atoms with Crippen LogP contribution in [0.1, 0.15) is 5.56 Å². The largest absolute Gasteiger partial charge is 0.456 e. The van der Waals surface area contributed by atoms with Crippen molar-refractivity contribution in [1.29, 1.82) is 0 Å². The van der Waals surface area contributed by atoms with E-state index in [1.54, 1.807) is 0 Å². The normalized spacial score (nSPS) is 11.0. The summed E-state index contributed by atoms with van der Waals surface area (Å²) >= 11 is 3.76. The lowest BCUT2D eigenvalue weighted by molar-refractivity contribution is 0.493. The fourth-order valence-corrected chi connectivity index (χ4v) is 3.56. The highest BCUT2D eigenvalue weighted by Crippen LogP contribution is 2.42. The van der Waals surface area contributed by atoms with Crippen molar-refractivity contribution in [2.45, 2.75) is 6.92 Å². The van der Waals surface area contributed by atoms with Gasteiger partial charge in [0, 0.05) is 26.0 Å². The van der Waals surface area contributed by atoms with Gasteiger partial charge in [-0.2, -0.15) is 0 Å². The minimum Gasteiger partial charge on any atom is -0.456 e. The van der Waals surface area contributed by atoms with E-state index >= 15 is 0 Å². The molecule has 0 bridgehead atoms. The van der Waals surface area contributed by atoms with Crippen LogP contribution in [-0.4, -0.2) is 0 Å². The van der Waals surface area contributed by atoms with Gasteiger partial charge in [-0.15, -0.1) is 0 Å². The van der Waals surface area contributed by atoms with Crippen molar-refractivity contribution in [3.05, 3.63) is 82.8 Å². The summed E-state index contributed by atoms with van der Waals surface area (Å²) in [6.07, 6.45) is 0. The summed E-state index contributed by atoms with van der Waals surface area (Å²) < 4.78 is 7.41. The molecule has 23 heavy (non-hydrogen) atoms. The molecule has 0 unspecified atom stereocenters. The lowest BCUT2D eigenvalue weighted by Crippen LogP contribution is -1.90. The number of ether oxygens (including phenoxy) is 1. The molecular weight excluding hydrogens is 348 g/mol. The zero-order valence-electron chi connectivity index (χ0n) is 12.7. The first-order chi connectivity index (χ1) is 11.2. The minimum absolute atomic E-state index is 0.855. The highest BCUT2D eigenvalue weighted by molar-refractivity contribution is 9.10. The quantitative estimate of drug-likeness (QED) is 0.354. The fourth-order valence-electron chi connectivity index (χ4n) is 2.87. The van der Waals surface area contributed by atoms with Gasteiger partial charge in [0.2, 0.25) is 0 Å². The maximum atomic E-state index is 6.29. The number of aryl methyl sites for hydroxylation is 1. The monoisotopic (exact) mass is 362 g/mol. The predicted octanol–water partition coefficient (Wildman–Crippen LogP) is 6.86. The molecule has 0 amide bonds. The van der Waals surface area contributed by atoms with Gasteiger partial charge in [-0.1, -0.05) is 66.2 Å². The van der Waals surface area contributed by atoms with Crippen LogP contribution in [0.2, 0.25) is 0 Å². The van der Waals surface area contributed by atoms with E-state index in [4.69, 9.17) is 4.74 Å². The van der Waals surface area contributed by atoms with Crippen LogP contribution in [0.5, 0.6) is 11.5 Å². The zero-order valence-corrected chi connectivity index (χ0v) is 14.3. The SMILES string of the molecule is Cc1ccc(Oc2c3ccccc3c(Br)c3ccccc23)cc1. The van der Waals surface area contributed by atoms with Gasteiger partial charge >= 0.3 is 0 Å². The Morgan fingerprint density at radius 1 is 0.652 bits per heavy atom. The second kappa shape index (κ2) is 5.71. The van der Waals surface area contributed by atoms with E-state index in [-0.39, 0.29) is 0 Å². The van der Waals surface area contributed by atoms with Crippen LogP contribution in [0, 0.1) is 6.92 Å².